The molecule has 0 unspecified atom stereocenters. The first-order chi connectivity index (χ1) is 14.7. The van der Waals surface area contributed by atoms with E-state index in [1.807, 2.05) is 0 Å². The van der Waals surface area contributed by atoms with Gasteiger partial charge in [-0.1, -0.05) is 34.8 Å². The van der Waals surface area contributed by atoms with Gasteiger partial charge in [-0.05, 0) is 42.0 Å². The Hall–Kier alpha value is -2.61. The molecule has 2 heterocycles. The lowest BCUT2D eigenvalue weighted by atomic mass is 10.0. The summed E-state index contributed by atoms with van der Waals surface area (Å²) in [7, 11) is 0. The van der Waals surface area contributed by atoms with Crippen LogP contribution < -0.4 is 5.73 Å². The number of aromatic nitrogens is 2. The van der Waals surface area contributed by atoms with Crippen LogP contribution in [-0.2, 0) is 24.3 Å². The van der Waals surface area contributed by atoms with Crippen LogP contribution in [0.15, 0.2) is 36.4 Å². The van der Waals surface area contributed by atoms with E-state index in [4.69, 9.17) is 40.5 Å². The second kappa shape index (κ2) is 8.49. The highest BCUT2D eigenvalue weighted by Crippen LogP contribution is 2.31. The van der Waals surface area contributed by atoms with Crippen LogP contribution in [0.25, 0.3) is 11.3 Å². The molecule has 0 radical (unpaired) electrons. The van der Waals surface area contributed by atoms with E-state index in [-0.39, 0.29) is 35.2 Å². The SMILES string of the molecule is NC(=O)c1c(-c2cc(F)cc(Cl)c2)nn2c1CN(C(=O)Cc1cc(Cl)cc(Cl)c1)CC2. The van der Waals surface area contributed by atoms with Crippen LogP contribution >= 0.6 is 34.8 Å². The van der Waals surface area contributed by atoms with Gasteiger partial charge in [-0.2, -0.15) is 5.10 Å². The minimum absolute atomic E-state index is 0.104. The molecule has 2 aromatic carbocycles. The normalized spacial score (nSPS) is 13.2. The average molecular weight is 482 g/mol. The van der Waals surface area contributed by atoms with Crippen LogP contribution in [0, 0.1) is 5.82 Å². The Labute approximate surface area is 192 Å². The molecule has 4 rings (SSSR count). The molecule has 0 bridgehead atoms. The third-order valence-corrected chi connectivity index (χ3v) is 5.65. The number of amides is 2. The summed E-state index contributed by atoms with van der Waals surface area (Å²) in [5.74, 6) is -1.43. The second-order valence-electron chi connectivity index (χ2n) is 7.19. The van der Waals surface area contributed by atoms with Crippen LogP contribution in [0.2, 0.25) is 15.1 Å². The van der Waals surface area contributed by atoms with Crippen molar-refractivity contribution in [3.8, 4) is 11.3 Å². The molecule has 3 aromatic rings. The van der Waals surface area contributed by atoms with Crippen LogP contribution in [0.5, 0.6) is 0 Å². The Morgan fingerprint density at radius 1 is 1.00 bits per heavy atom. The van der Waals surface area contributed by atoms with Gasteiger partial charge in [0.1, 0.15) is 11.5 Å². The number of carbonyl (C=O) groups excluding carboxylic acids is 2. The number of halogens is 4. The lowest BCUT2D eigenvalue weighted by molar-refractivity contribution is -0.132. The molecule has 2 N–H and O–H groups in total. The molecule has 0 saturated heterocycles. The molecule has 0 fully saturated rings. The van der Waals surface area contributed by atoms with Crippen molar-refractivity contribution in [1.82, 2.24) is 14.7 Å². The first-order valence-electron chi connectivity index (χ1n) is 9.30. The molecule has 31 heavy (non-hydrogen) atoms. The Morgan fingerprint density at radius 2 is 1.68 bits per heavy atom. The van der Waals surface area contributed by atoms with Crippen molar-refractivity contribution >= 4 is 46.6 Å². The quantitative estimate of drug-likeness (QED) is 0.602. The topological polar surface area (TPSA) is 81.2 Å². The van der Waals surface area contributed by atoms with Gasteiger partial charge in [0.15, 0.2) is 0 Å². The third kappa shape index (κ3) is 4.54. The Bertz CT molecular complexity index is 1170. The summed E-state index contributed by atoms with van der Waals surface area (Å²) in [6.07, 6.45) is 0.104. The highest BCUT2D eigenvalue weighted by molar-refractivity contribution is 6.34. The maximum absolute atomic E-state index is 13.9. The standard InChI is InChI=1S/C21H16Cl3FN4O2/c22-13-3-11(4-14(23)8-13)5-18(30)28-1-2-29-17(10-28)19(21(26)31)20(27-29)12-6-15(24)9-16(25)7-12/h3-4,6-9H,1-2,5,10H2,(H2,26,31). The van der Waals surface area contributed by atoms with E-state index in [1.165, 1.54) is 12.1 Å². The first-order valence-corrected chi connectivity index (χ1v) is 10.4. The monoisotopic (exact) mass is 480 g/mol. The molecular weight excluding hydrogens is 466 g/mol. The number of fused-ring (bicyclic) bond motifs is 1. The molecule has 1 aliphatic heterocycles. The maximum Gasteiger partial charge on any atom is 0.252 e. The zero-order valence-electron chi connectivity index (χ0n) is 16.0. The van der Waals surface area contributed by atoms with Gasteiger partial charge < -0.3 is 10.6 Å². The van der Waals surface area contributed by atoms with Gasteiger partial charge in [0.2, 0.25) is 5.91 Å². The van der Waals surface area contributed by atoms with E-state index in [2.05, 4.69) is 5.10 Å². The minimum Gasteiger partial charge on any atom is -0.365 e. The zero-order chi connectivity index (χ0) is 22.3. The Kier molecular flexibility index (Phi) is 5.92. The van der Waals surface area contributed by atoms with Gasteiger partial charge in [0.05, 0.1) is 30.8 Å². The van der Waals surface area contributed by atoms with Crippen molar-refractivity contribution in [3.63, 3.8) is 0 Å². The maximum atomic E-state index is 13.9. The molecule has 1 aromatic heterocycles. The number of hydrogen-bond acceptors (Lipinski definition) is 3. The number of hydrogen-bond donors (Lipinski definition) is 1. The van der Waals surface area contributed by atoms with Gasteiger partial charge >= 0.3 is 0 Å². The number of carbonyl (C=O) groups is 2. The molecule has 0 saturated carbocycles. The third-order valence-electron chi connectivity index (χ3n) is 4.99. The van der Waals surface area contributed by atoms with Crippen molar-refractivity contribution in [2.45, 2.75) is 19.5 Å². The van der Waals surface area contributed by atoms with Crippen molar-refractivity contribution < 1.29 is 14.0 Å². The number of nitrogens with zero attached hydrogens (tertiary/aromatic N) is 3. The molecule has 0 spiro atoms. The smallest absolute Gasteiger partial charge is 0.252 e. The highest BCUT2D eigenvalue weighted by Gasteiger charge is 2.30. The Morgan fingerprint density at radius 3 is 2.32 bits per heavy atom. The largest absolute Gasteiger partial charge is 0.365 e. The van der Waals surface area contributed by atoms with Gasteiger partial charge in [-0.3, -0.25) is 14.3 Å². The number of benzene rings is 2. The fourth-order valence-corrected chi connectivity index (χ4v) is 4.47. The molecule has 160 valence electrons. The zero-order valence-corrected chi connectivity index (χ0v) is 18.3. The molecule has 1 aliphatic rings. The van der Waals surface area contributed by atoms with Gasteiger partial charge in [-0.15, -0.1) is 0 Å². The lowest BCUT2D eigenvalue weighted by Gasteiger charge is -2.28. The summed E-state index contributed by atoms with van der Waals surface area (Å²) in [5, 5.41) is 5.51. The second-order valence-corrected chi connectivity index (χ2v) is 8.49. The number of nitrogens with two attached hydrogens (primary N) is 1. The van der Waals surface area contributed by atoms with Crippen LogP contribution in [0.4, 0.5) is 4.39 Å². The summed E-state index contributed by atoms with van der Waals surface area (Å²) in [5.41, 5.74) is 7.52. The van der Waals surface area contributed by atoms with Crippen molar-refractivity contribution in [2.24, 2.45) is 5.73 Å². The molecule has 0 aliphatic carbocycles. The van der Waals surface area contributed by atoms with E-state index < -0.39 is 11.7 Å². The summed E-state index contributed by atoms with van der Waals surface area (Å²) in [6.45, 7) is 0.894. The molecule has 6 nitrogen and oxygen atoms in total. The Balaban J connectivity index is 1.65. The van der Waals surface area contributed by atoms with E-state index in [9.17, 15) is 14.0 Å². The molecule has 0 atom stereocenters. The van der Waals surface area contributed by atoms with Crippen molar-refractivity contribution in [1.29, 1.82) is 0 Å². The summed E-state index contributed by atoms with van der Waals surface area (Å²) in [4.78, 5) is 26.7. The highest BCUT2D eigenvalue weighted by atomic mass is 35.5. The predicted molar refractivity (Wildman–Crippen MR) is 117 cm³/mol. The lowest BCUT2D eigenvalue weighted by Crippen LogP contribution is -2.40. The number of rotatable bonds is 4. The van der Waals surface area contributed by atoms with Crippen molar-refractivity contribution in [2.75, 3.05) is 6.54 Å². The van der Waals surface area contributed by atoms with Gasteiger partial charge in [0, 0.05) is 27.2 Å². The number of primary amides is 1. The van der Waals surface area contributed by atoms with E-state index in [1.54, 1.807) is 27.8 Å². The molecule has 2 amide bonds. The van der Waals surface area contributed by atoms with Crippen LogP contribution in [0.1, 0.15) is 21.6 Å². The van der Waals surface area contributed by atoms with Crippen molar-refractivity contribution in [3.05, 3.63) is 74.1 Å². The van der Waals surface area contributed by atoms with Gasteiger partial charge in [0.25, 0.3) is 5.91 Å². The van der Waals surface area contributed by atoms with E-state index >= 15 is 0 Å². The van der Waals surface area contributed by atoms with Gasteiger partial charge in [-0.25, -0.2) is 4.39 Å². The first kappa shape index (κ1) is 21.6. The van der Waals surface area contributed by atoms with Crippen LogP contribution in [0.3, 0.4) is 0 Å². The molecular formula is C21H16Cl3FN4O2. The summed E-state index contributed by atoms with van der Waals surface area (Å²) in [6, 6.07) is 8.86. The fourth-order valence-electron chi connectivity index (χ4n) is 3.68. The fraction of sp³-hybridized carbons (Fsp3) is 0.190. The van der Waals surface area contributed by atoms with E-state index in [0.29, 0.717) is 40.0 Å². The summed E-state index contributed by atoms with van der Waals surface area (Å²) < 4.78 is 15.5. The van der Waals surface area contributed by atoms with E-state index in [0.717, 1.165) is 6.07 Å². The summed E-state index contributed by atoms with van der Waals surface area (Å²) >= 11 is 18.0. The van der Waals surface area contributed by atoms with Crippen LogP contribution in [-0.4, -0.2) is 33.0 Å². The average Bonchev–Trinajstić information content (AvgIpc) is 3.05. The predicted octanol–water partition coefficient (Wildman–Crippen LogP) is 4.33. The minimum atomic E-state index is -0.715. The molecule has 10 heteroatoms.